The van der Waals surface area contributed by atoms with Crippen LogP contribution in [0.5, 0.6) is 0 Å². The highest BCUT2D eigenvalue weighted by atomic mass is 16.6. The molecule has 0 bridgehead atoms. The summed E-state index contributed by atoms with van der Waals surface area (Å²) in [5, 5.41) is 0. The van der Waals surface area contributed by atoms with Gasteiger partial charge < -0.3 is 18.9 Å². The molecular formula is C11H22O4. The van der Waals surface area contributed by atoms with Crippen LogP contribution < -0.4 is 0 Å². The second kappa shape index (κ2) is 9.09. The number of rotatable bonds is 2. The van der Waals surface area contributed by atoms with Gasteiger partial charge in [-0.1, -0.05) is 13.3 Å². The van der Waals surface area contributed by atoms with Gasteiger partial charge in [0.2, 0.25) is 0 Å². The van der Waals surface area contributed by atoms with E-state index in [1.54, 1.807) is 0 Å². The van der Waals surface area contributed by atoms with Crippen LogP contribution in [0.15, 0.2) is 0 Å². The predicted molar refractivity (Wildman–Crippen MR) is 57.1 cm³/mol. The molecule has 0 aliphatic carbocycles. The summed E-state index contributed by atoms with van der Waals surface area (Å²) in [6.07, 6.45) is 2.37. The molecule has 1 heterocycles. The molecule has 0 aromatic carbocycles. The molecule has 0 aromatic heterocycles. The largest absolute Gasteiger partial charge is 0.377 e. The molecule has 0 saturated carbocycles. The summed E-state index contributed by atoms with van der Waals surface area (Å²) < 4.78 is 21.8. The van der Waals surface area contributed by atoms with E-state index in [-0.39, 0.29) is 6.10 Å². The topological polar surface area (TPSA) is 36.9 Å². The van der Waals surface area contributed by atoms with Crippen LogP contribution in [0.2, 0.25) is 0 Å². The molecule has 0 spiro atoms. The second-order valence-corrected chi connectivity index (χ2v) is 3.58. The fourth-order valence-corrected chi connectivity index (χ4v) is 1.47. The first-order chi connectivity index (χ1) is 7.43. The first kappa shape index (κ1) is 12.9. The average Bonchev–Trinajstić information content (AvgIpc) is 2.22. The van der Waals surface area contributed by atoms with Crippen molar-refractivity contribution in [2.75, 3.05) is 46.2 Å². The maximum atomic E-state index is 5.66. The van der Waals surface area contributed by atoms with E-state index >= 15 is 0 Å². The van der Waals surface area contributed by atoms with Gasteiger partial charge in [-0.3, -0.25) is 0 Å². The standard InChI is InChI=1S/C11H22O4/c1-2-3-11-10-14-7-6-12-4-5-13-8-9-15-11/h11H,2-10H2,1H3. The van der Waals surface area contributed by atoms with Gasteiger partial charge in [0.25, 0.3) is 0 Å². The Labute approximate surface area is 91.8 Å². The van der Waals surface area contributed by atoms with Gasteiger partial charge in [0, 0.05) is 0 Å². The van der Waals surface area contributed by atoms with Crippen molar-refractivity contribution in [3.8, 4) is 0 Å². The van der Waals surface area contributed by atoms with Gasteiger partial charge in [-0.2, -0.15) is 0 Å². The lowest BCUT2D eigenvalue weighted by Crippen LogP contribution is -2.24. The van der Waals surface area contributed by atoms with Crippen LogP contribution >= 0.6 is 0 Å². The average molecular weight is 218 g/mol. The minimum absolute atomic E-state index is 0.207. The Kier molecular flexibility index (Phi) is 7.83. The van der Waals surface area contributed by atoms with Crippen LogP contribution in [0.1, 0.15) is 19.8 Å². The van der Waals surface area contributed by atoms with Crippen molar-refractivity contribution >= 4 is 0 Å². The molecule has 4 nitrogen and oxygen atoms in total. The molecular weight excluding hydrogens is 196 g/mol. The van der Waals surface area contributed by atoms with Crippen LogP contribution in [0, 0.1) is 0 Å². The monoisotopic (exact) mass is 218 g/mol. The summed E-state index contributed by atoms with van der Waals surface area (Å²) >= 11 is 0. The Hall–Kier alpha value is -0.160. The Morgan fingerprint density at radius 1 is 0.867 bits per heavy atom. The molecule has 90 valence electrons. The van der Waals surface area contributed by atoms with Crippen molar-refractivity contribution in [3.63, 3.8) is 0 Å². The van der Waals surface area contributed by atoms with Crippen LogP contribution in [0.25, 0.3) is 0 Å². The molecule has 0 aromatic rings. The van der Waals surface area contributed by atoms with E-state index < -0.39 is 0 Å². The minimum atomic E-state index is 0.207. The highest BCUT2D eigenvalue weighted by Crippen LogP contribution is 2.03. The van der Waals surface area contributed by atoms with Crippen molar-refractivity contribution < 1.29 is 18.9 Å². The lowest BCUT2D eigenvalue weighted by molar-refractivity contribution is -0.0686. The zero-order valence-electron chi connectivity index (χ0n) is 9.57. The molecule has 1 aliphatic heterocycles. The molecule has 1 unspecified atom stereocenters. The van der Waals surface area contributed by atoms with Gasteiger partial charge in [-0.05, 0) is 6.42 Å². The van der Waals surface area contributed by atoms with E-state index in [9.17, 15) is 0 Å². The molecule has 0 radical (unpaired) electrons. The van der Waals surface area contributed by atoms with Gasteiger partial charge in [-0.15, -0.1) is 0 Å². The highest BCUT2D eigenvalue weighted by molar-refractivity contribution is 4.56. The van der Waals surface area contributed by atoms with Crippen molar-refractivity contribution in [3.05, 3.63) is 0 Å². The van der Waals surface area contributed by atoms with E-state index in [2.05, 4.69) is 6.92 Å². The van der Waals surface area contributed by atoms with Crippen molar-refractivity contribution in [2.45, 2.75) is 25.9 Å². The molecule has 0 N–H and O–H groups in total. The lowest BCUT2D eigenvalue weighted by atomic mass is 10.2. The maximum absolute atomic E-state index is 5.66. The Balaban J connectivity index is 2.19. The van der Waals surface area contributed by atoms with Gasteiger partial charge in [-0.25, -0.2) is 0 Å². The van der Waals surface area contributed by atoms with E-state index in [4.69, 9.17) is 18.9 Å². The molecule has 0 amide bonds. The third-order valence-corrected chi connectivity index (χ3v) is 2.24. The Morgan fingerprint density at radius 3 is 2.13 bits per heavy atom. The number of hydrogen-bond acceptors (Lipinski definition) is 4. The van der Waals surface area contributed by atoms with Gasteiger partial charge in [0.15, 0.2) is 0 Å². The van der Waals surface area contributed by atoms with Crippen LogP contribution in [0.4, 0.5) is 0 Å². The second-order valence-electron chi connectivity index (χ2n) is 3.58. The zero-order chi connectivity index (χ0) is 10.8. The highest BCUT2D eigenvalue weighted by Gasteiger charge is 2.08. The number of ether oxygens (including phenoxy) is 4. The van der Waals surface area contributed by atoms with E-state index in [0.717, 1.165) is 12.8 Å². The normalized spacial score (nSPS) is 26.6. The lowest BCUT2D eigenvalue weighted by Gasteiger charge is -2.18. The molecule has 4 heteroatoms. The predicted octanol–water partition coefficient (Wildman–Crippen LogP) is 1.24. The first-order valence-electron chi connectivity index (χ1n) is 5.78. The summed E-state index contributed by atoms with van der Waals surface area (Å²) in [5.41, 5.74) is 0. The third kappa shape index (κ3) is 6.84. The molecule has 1 rings (SSSR count). The molecule has 15 heavy (non-hydrogen) atoms. The van der Waals surface area contributed by atoms with Crippen molar-refractivity contribution in [2.24, 2.45) is 0 Å². The summed E-state index contributed by atoms with van der Waals surface area (Å²) in [6.45, 7) is 6.67. The minimum Gasteiger partial charge on any atom is -0.377 e. The first-order valence-corrected chi connectivity index (χ1v) is 5.78. The Bertz CT molecular complexity index is 129. The van der Waals surface area contributed by atoms with Crippen LogP contribution in [0.3, 0.4) is 0 Å². The molecule has 1 saturated heterocycles. The fourth-order valence-electron chi connectivity index (χ4n) is 1.47. The number of hydrogen-bond donors (Lipinski definition) is 0. The molecule has 1 aliphatic rings. The smallest absolute Gasteiger partial charge is 0.0809 e. The fraction of sp³-hybridized carbons (Fsp3) is 1.00. The van der Waals surface area contributed by atoms with Gasteiger partial charge in [0.1, 0.15) is 0 Å². The van der Waals surface area contributed by atoms with Crippen LogP contribution in [-0.4, -0.2) is 52.4 Å². The summed E-state index contributed by atoms with van der Waals surface area (Å²) in [6, 6.07) is 0. The maximum Gasteiger partial charge on any atom is 0.0809 e. The summed E-state index contributed by atoms with van der Waals surface area (Å²) in [7, 11) is 0. The molecule has 1 fully saturated rings. The van der Waals surface area contributed by atoms with E-state index in [1.807, 2.05) is 0 Å². The van der Waals surface area contributed by atoms with Crippen molar-refractivity contribution in [1.82, 2.24) is 0 Å². The zero-order valence-corrected chi connectivity index (χ0v) is 9.57. The Morgan fingerprint density at radius 2 is 1.47 bits per heavy atom. The van der Waals surface area contributed by atoms with Gasteiger partial charge in [0.05, 0.1) is 52.4 Å². The van der Waals surface area contributed by atoms with Crippen LogP contribution in [-0.2, 0) is 18.9 Å². The van der Waals surface area contributed by atoms with E-state index in [0.29, 0.717) is 46.2 Å². The molecule has 1 atom stereocenters. The van der Waals surface area contributed by atoms with E-state index in [1.165, 1.54) is 0 Å². The SMILES string of the molecule is CCCC1COCCOCCOCCO1. The third-order valence-electron chi connectivity index (χ3n) is 2.24. The summed E-state index contributed by atoms with van der Waals surface area (Å²) in [5.74, 6) is 0. The quantitative estimate of drug-likeness (QED) is 0.698. The van der Waals surface area contributed by atoms with Crippen molar-refractivity contribution in [1.29, 1.82) is 0 Å². The summed E-state index contributed by atoms with van der Waals surface area (Å²) in [4.78, 5) is 0. The van der Waals surface area contributed by atoms with Gasteiger partial charge >= 0.3 is 0 Å².